The molecular formula is C31H34F2N4. The summed E-state index contributed by atoms with van der Waals surface area (Å²) in [5.41, 5.74) is 3.91. The summed E-state index contributed by atoms with van der Waals surface area (Å²) in [5, 5.41) is 4.21. The van der Waals surface area contributed by atoms with Crippen molar-refractivity contribution in [2.45, 2.75) is 64.8 Å². The highest BCUT2D eigenvalue weighted by Gasteiger charge is 2.41. The number of H-pyrrole nitrogens is 1. The average molecular weight is 501 g/mol. The molecule has 2 N–H and O–H groups in total. The predicted molar refractivity (Wildman–Crippen MR) is 145 cm³/mol. The van der Waals surface area contributed by atoms with Crippen LogP contribution in [0.25, 0.3) is 33.5 Å². The Morgan fingerprint density at radius 1 is 0.919 bits per heavy atom. The lowest BCUT2D eigenvalue weighted by atomic mass is 9.62. The molecule has 2 atom stereocenters. The Morgan fingerprint density at radius 2 is 1.62 bits per heavy atom. The maximum atomic E-state index is 14.4. The van der Waals surface area contributed by atoms with Gasteiger partial charge >= 0.3 is 0 Å². The quantitative estimate of drug-likeness (QED) is 0.298. The fourth-order valence-electron chi connectivity index (χ4n) is 6.44. The van der Waals surface area contributed by atoms with E-state index in [0.29, 0.717) is 34.7 Å². The first-order valence-corrected chi connectivity index (χ1v) is 13.4. The largest absolute Gasteiger partial charge is 0.367 e. The summed E-state index contributed by atoms with van der Waals surface area (Å²) in [5.74, 6) is 1.94. The number of benzene rings is 2. The molecule has 6 heteroatoms. The summed E-state index contributed by atoms with van der Waals surface area (Å²) in [7, 11) is 0. The van der Waals surface area contributed by atoms with Crippen LogP contribution in [0, 0.1) is 29.4 Å². The van der Waals surface area contributed by atoms with E-state index in [1.807, 2.05) is 6.07 Å². The van der Waals surface area contributed by atoms with E-state index in [-0.39, 0.29) is 10.9 Å². The Kier molecular flexibility index (Phi) is 5.81. The molecule has 0 unspecified atom stereocenters. The van der Waals surface area contributed by atoms with Gasteiger partial charge in [0.2, 0.25) is 0 Å². The minimum absolute atomic E-state index is 0.0523. The van der Waals surface area contributed by atoms with E-state index in [2.05, 4.69) is 62.3 Å². The normalized spacial score (nSPS) is 23.5. The monoisotopic (exact) mass is 500 g/mol. The van der Waals surface area contributed by atoms with Crippen molar-refractivity contribution in [1.82, 2.24) is 15.0 Å². The molecule has 0 spiro atoms. The Morgan fingerprint density at radius 3 is 2.30 bits per heavy atom. The van der Waals surface area contributed by atoms with Crippen LogP contribution in [0.2, 0.25) is 0 Å². The van der Waals surface area contributed by atoms with Gasteiger partial charge < -0.3 is 10.3 Å². The van der Waals surface area contributed by atoms with Gasteiger partial charge in [0.05, 0.1) is 11.2 Å². The minimum Gasteiger partial charge on any atom is -0.367 e. The van der Waals surface area contributed by atoms with Gasteiger partial charge in [-0.15, -0.1) is 0 Å². The Balaban J connectivity index is 1.45. The van der Waals surface area contributed by atoms with Crippen LogP contribution in [0.3, 0.4) is 0 Å². The molecule has 3 fully saturated rings. The second-order valence-electron chi connectivity index (χ2n) is 12.0. The Hall–Kier alpha value is -3.28. The second kappa shape index (κ2) is 8.93. The van der Waals surface area contributed by atoms with Crippen LogP contribution in [0.1, 0.15) is 58.9 Å². The van der Waals surface area contributed by atoms with Crippen LogP contribution < -0.4 is 5.32 Å². The van der Waals surface area contributed by atoms with Crippen LogP contribution in [0.5, 0.6) is 0 Å². The van der Waals surface area contributed by atoms with Crippen molar-refractivity contribution < 1.29 is 8.78 Å². The SMILES string of the molecule is C[C@H]1C2CCC(CC2)[C@@H]1Nc1cc(-c2ccc(C(C)(C)C)cc2)nc(-c2c[nH]c3c(F)cc(F)cc23)n1. The highest BCUT2D eigenvalue weighted by Crippen LogP contribution is 2.46. The average Bonchev–Trinajstić information content (AvgIpc) is 3.30. The van der Waals surface area contributed by atoms with Crippen molar-refractivity contribution in [3.05, 3.63) is 65.9 Å². The molecule has 0 saturated heterocycles. The minimum atomic E-state index is -0.624. The van der Waals surface area contributed by atoms with Crippen molar-refractivity contribution in [1.29, 1.82) is 0 Å². The molecule has 192 valence electrons. The van der Waals surface area contributed by atoms with Crippen molar-refractivity contribution in [3.8, 4) is 22.6 Å². The molecule has 3 aliphatic carbocycles. The van der Waals surface area contributed by atoms with Crippen LogP contribution in [-0.4, -0.2) is 21.0 Å². The second-order valence-corrected chi connectivity index (χ2v) is 12.0. The van der Waals surface area contributed by atoms with Crippen LogP contribution in [-0.2, 0) is 5.41 Å². The fourth-order valence-corrected chi connectivity index (χ4v) is 6.44. The zero-order chi connectivity index (χ0) is 25.9. The number of hydrogen-bond acceptors (Lipinski definition) is 3. The van der Waals surface area contributed by atoms with E-state index in [1.165, 1.54) is 37.3 Å². The topological polar surface area (TPSA) is 53.6 Å². The van der Waals surface area contributed by atoms with Gasteiger partial charge in [0, 0.05) is 40.9 Å². The molecule has 7 rings (SSSR count). The van der Waals surface area contributed by atoms with Crippen molar-refractivity contribution in [2.24, 2.45) is 17.8 Å². The van der Waals surface area contributed by atoms with Gasteiger partial charge in [0.25, 0.3) is 0 Å². The summed E-state index contributed by atoms with van der Waals surface area (Å²) in [4.78, 5) is 12.7. The lowest BCUT2D eigenvalue weighted by molar-refractivity contribution is 0.0928. The van der Waals surface area contributed by atoms with Gasteiger partial charge in [-0.05, 0) is 60.5 Å². The molecule has 2 aromatic carbocycles. The summed E-state index contributed by atoms with van der Waals surface area (Å²) < 4.78 is 28.6. The van der Waals surface area contributed by atoms with Gasteiger partial charge in [-0.1, -0.05) is 52.0 Å². The van der Waals surface area contributed by atoms with Crippen LogP contribution >= 0.6 is 0 Å². The Labute approximate surface area is 216 Å². The number of nitrogens with zero attached hydrogens (tertiary/aromatic N) is 2. The van der Waals surface area contributed by atoms with Gasteiger partial charge in [0.15, 0.2) is 5.82 Å². The lowest BCUT2D eigenvalue weighted by Crippen LogP contribution is -2.47. The summed E-state index contributed by atoms with van der Waals surface area (Å²) >= 11 is 0. The van der Waals surface area contributed by atoms with E-state index >= 15 is 0 Å². The number of rotatable bonds is 4. The first kappa shape index (κ1) is 24.1. The third-order valence-corrected chi connectivity index (χ3v) is 8.67. The van der Waals surface area contributed by atoms with E-state index in [0.717, 1.165) is 29.1 Å². The maximum absolute atomic E-state index is 14.4. The molecule has 37 heavy (non-hydrogen) atoms. The number of anilines is 1. The zero-order valence-electron chi connectivity index (χ0n) is 21.9. The van der Waals surface area contributed by atoms with Gasteiger partial charge in [0.1, 0.15) is 17.5 Å². The molecule has 0 aliphatic heterocycles. The first-order valence-electron chi connectivity index (χ1n) is 13.4. The molecule has 2 bridgehead atoms. The standard InChI is InChI=1S/C31H34F2N4/c1-17-18-5-7-20(8-6-18)28(17)36-27-15-26(19-9-11-21(12-10-19)31(2,3)4)35-30(37-27)24-16-34-29-23(24)13-22(32)14-25(29)33/h9-18,20,28,34H,5-8H2,1-4H3,(H,35,36,37)/t17-,18?,20?,28+/m0/s1. The molecule has 2 aromatic heterocycles. The Bertz CT molecular complexity index is 1440. The van der Waals surface area contributed by atoms with Crippen LogP contribution in [0.15, 0.2) is 48.7 Å². The number of aromatic nitrogens is 3. The third-order valence-electron chi connectivity index (χ3n) is 8.67. The summed E-state index contributed by atoms with van der Waals surface area (Å²) in [6.07, 6.45) is 6.82. The lowest BCUT2D eigenvalue weighted by Gasteiger charge is -2.47. The molecule has 3 aliphatic rings. The molecule has 0 radical (unpaired) electrons. The van der Waals surface area contributed by atoms with Gasteiger partial charge in [-0.3, -0.25) is 0 Å². The molecule has 0 amide bonds. The number of fused-ring (bicyclic) bond motifs is 4. The van der Waals surface area contributed by atoms with Crippen molar-refractivity contribution >= 4 is 16.7 Å². The summed E-state index contributed by atoms with van der Waals surface area (Å²) in [6.45, 7) is 8.94. The highest BCUT2D eigenvalue weighted by atomic mass is 19.1. The van der Waals surface area contributed by atoms with E-state index < -0.39 is 11.6 Å². The molecule has 4 aromatic rings. The first-order chi connectivity index (χ1) is 17.7. The zero-order valence-corrected chi connectivity index (χ0v) is 21.9. The van der Waals surface area contributed by atoms with Gasteiger partial charge in [-0.2, -0.15) is 0 Å². The third kappa shape index (κ3) is 4.41. The van der Waals surface area contributed by atoms with Crippen molar-refractivity contribution in [2.75, 3.05) is 5.32 Å². The summed E-state index contributed by atoms with van der Waals surface area (Å²) in [6, 6.07) is 13.1. The maximum Gasteiger partial charge on any atom is 0.164 e. The van der Waals surface area contributed by atoms with E-state index in [9.17, 15) is 8.78 Å². The van der Waals surface area contributed by atoms with Crippen LogP contribution in [0.4, 0.5) is 14.6 Å². The van der Waals surface area contributed by atoms with E-state index in [1.54, 1.807) is 6.20 Å². The smallest absolute Gasteiger partial charge is 0.164 e. The number of aromatic amines is 1. The molecular weight excluding hydrogens is 466 g/mol. The predicted octanol–water partition coefficient (Wildman–Crippen LogP) is 8.10. The number of nitrogens with one attached hydrogen (secondary N) is 2. The number of hydrogen-bond donors (Lipinski definition) is 2. The highest BCUT2D eigenvalue weighted by molar-refractivity contribution is 5.94. The fraction of sp³-hybridized carbons (Fsp3) is 0.419. The van der Waals surface area contributed by atoms with E-state index in [4.69, 9.17) is 9.97 Å². The van der Waals surface area contributed by atoms with Crippen molar-refractivity contribution in [3.63, 3.8) is 0 Å². The molecule has 3 saturated carbocycles. The number of halogens is 2. The molecule has 2 heterocycles. The van der Waals surface area contributed by atoms with Gasteiger partial charge in [-0.25, -0.2) is 18.7 Å². The molecule has 4 nitrogen and oxygen atoms in total.